The fourth-order valence-corrected chi connectivity index (χ4v) is 3.49. The molecule has 0 aromatic carbocycles. The number of amidine groups is 1. The molecule has 0 aromatic heterocycles. The van der Waals surface area contributed by atoms with Crippen LogP contribution in [0.1, 0.15) is 47.0 Å². The van der Waals surface area contributed by atoms with Crippen LogP contribution in [0.3, 0.4) is 0 Å². The van der Waals surface area contributed by atoms with E-state index in [0.29, 0.717) is 11.9 Å². The summed E-state index contributed by atoms with van der Waals surface area (Å²) in [6.07, 6.45) is 3.41. The number of nitrogens with one attached hydrogen (secondary N) is 1. The summed E-state index contributed by atoms with van der Waals surface area (Å²) in [5, 5.41) is 8.31. The van der Waals surface area contributed by atoms with Crippen molar-refractivity contribution in [2.24, 2.45) is 11.1 Å². The lowest BCUT2D eigenvalue weighted by Crippen LogP contribution is -2.45. The van der Waals surface area contributed by atoms with Crippen molar-refractivity contribution in [3.05, 3.63) is 0 Å². The van der Waals surface area contributed by atoms with Crippen molar-refractivity contribution in [3.8, 4) is 0 Å². The van der Waals surface area contributed by atoms with Gasteiger partial charge >= 0.3 is 0 Å². The maximum Gasteiger partial charge on any atom is 0.0963 e. The first-order chi connectivity index (χ1) is 8.34. The first-order valence-electron chi connectivity index (χ1n) is 7.05. The van der Waals surface area contributed by atoms with Crippen LogP contribution in [0.4, 0.5) is 0 Å². The third-order valence-corrected chi connectivity index (χ3v) is 5.58. The minimum atomic E-state index is -0.128. The first-order valence-corrected chi connectivity index (χ1v) is 8.09. The summed E-state index contributed by atoms with van der Waals surface area (Å²) in [7, 11) is 0. The van der Waals surface area contributed by atoms with E-state index in [1.807, 2.05) is 0 Å². The van der Waals surface area contributed by atoms with E-state index in [9.17, 15) is 0 Å². The van der Waals surface area contributed by atoms with Gasteiger partial charge in [0.2, 0.25) is 0 Å². The molecule has 2 atom stereocenters. The molecule has 1 fully saturated rings. The SMILES string of the molecule is CC1SCCN(CCCCC(C)(C)C(=N)N)C1C. The highest BCUT2D eigenvalue weighted by Gasteiger charge is 2.25. The smallest absolute Gasteiger partial charge is 0.0963 e. The normalized spacial score (nSPS) is 26.2. The summed E-state index contributed by atoms with van der Waals surface area (Å²) in [4.78, 5) is 2.61. The Hall–Kier alpha value is -0.220. The van der Waals surface area contributed by atoms with Crippen LogP contribution >= 0.6 is 11.8 Å². The van der Waals surface area contributed by atoms with Crippen molar-refractivity contribution in [2.45, 2.75) is 58.2 Å². The summed E-state index contributed by atoms with van der Waals surface area (Å²) in [6.45, 7) is 11.2. The molecule has 4 heteroatoms. The monoisotopic (exact) mass is 271 g/mol. The molecule has 0 radical (unpaired) electrons. The van der Waals surface area contributed by atoms with Gasteiger partial charge in [-0.15, -0.1) is 0 Å². The number of unbranched alkanes of at least 4 members (excludes halogenated alkanes) is 1. The molecule has 1 aliphatic rings. The quantitative estimate of drug-likeness (QED) is 0.444. The Morgan fingerprint density at radius 2 is 2.06 bits per heavy atom. The molecule has 1 heterocycles. The van der Waals surface area contributed by atoms with Gasteiger partial charge in [0.05, 0.1) is 5.84 Å². The van der Waals surface area contributed by atoms with Gasteiger partial charge in [0, 0.05) is 29.0 Å². The van der Waals surface area contributed by atoms with Crippen molar-refractivity contribution in [2.75, 3.05) is 18.8 Å². The summed E-state index contributed by atoms with van der Waals surface area (Å²) < 4.78 is 0. The molecule has 0 saturated carbocycles. The fraction of sp³-hybridized carbons (Fsp3) is 0.929. The molecule has 0 bridgehead atoms. The maximum atomic E-state index is 7.55. The zero-order chi connectivity index (χ0) is 13.8. The van der Waals surface area contributed by atoms with Crippen LogP contribution in [0.25, 0.3) is 0 Å². The molecule has 3 nitrogen and oxygen atoms in total. The van der Waals surface area contributed by atoms with Gasteiger partial charge in [-0.3, -0.25) is 10.3 Å². The number of nitrogens with two attached hydrogens (primary N) is 1. The zero-order valence-corrected chi connectivity index (χ0v) is 13.1. The Morgan fingerprint density at radius 3 is 2.67 bits per heavy atom. The first kappa shape index (κ1) is 15.8. The Balaban J connectivity index is 2.23. The Bertz CT molecular complexity index is 278. The summed E-state index contributed by atoms with van der Waals surface area (Å²) in [5.74, 6) is 1.59. The fourth-order valence-electron chi connectivity index (χ4n) is 2.33. The average Bonchev–Trinajstić information content (AvgIpc) is 2.29. The molecule has 1 aliphatic heterocycles. The molecule has 1 saturated heterocycles. The van der Waals surface area contributed by atoms with Gasteiger partial charge in [0.25, 0.3) is 0 Å². The largest absolute Gasteiger partial charge is 0.387 e. The minimum Gasteiger partial charge on any atom is -0.387 e. The predicted molar refractivity (Wildman–Crippen MR) is 82.5 cm³/mol. The van der Waals surface area contributed by atoms with Gasteiger partial charge in [-0.2, -0.15) is 11.8 Å². The van der Waals surface area contributed by atoms with E-state index in [1.54, 1.807) is 0 Å². The molecule has 0 amide bonds. The molecule has 2 unspecified atom stereocenters. The molecule has 0 spiro atoms. The number of hydrogen-bond donors (Lipinski definition) is 2. The van der Waals surface area contributed by atoms with Crippen LogP contribution in [0.2, 0.25) is 0 Å². The lowest BCUT2D eigenvalue weighted by molar-refractivity contribution is 0.206. The minimum absolute atomic E-state index is 0.128. The number of nitrogens with zero attached hydrogens (tertiary/aromatic N) is 1. The third kappa shape index (κ3) is 4.47. The molecule has 1 rings (SSSR count). The van der Waals surface area contributed by atoms with E-state index in [0.717, 1.165) is 18.1 Å². The molecular formula is C14H29N3S. The summed E-state index contributed by atoms with van der Waals surface area (Å²) >= 11 is 2.09. The number of hydrogen-bond acceptors (Lipinski definition) is 3. The van der Waals surface area contributed by atoms with Crippen LogP contribution in [0.5, 0.6) is 0 Å². The second-order valence-electron chi connectivity index (χ2n) is 6.11. The van der Waals surface area contributed by atoms with Crippen molar-refractivity contribution >= 4 is 17.6 Å². The van der Waals surface area contributed by atoms with Gasteiger partial charge in [0.15, 0.2) is 0 Å². The highest BCUT2D eigenvalue weighted by atomic mass is 32.2. The summed E-state index contributed by atoms with van der Waals surface area (Å²) in [6, 6.07) is 0.699. The molecule has 106 valence electrons. The molecule has 3 N–H and O–H groups in total. The van der Waals surface area contributed by atoms with Crippen LogP contribution in [0.15, 0.2) is 0 Å². The van der Waals surface area contributed by atoms with E-state index in [-0.39, 0.29) is 5.41 Å². The van der Waals surface area contributed by atoms with Crippen molar-refractivity contribution in [3.63, 3.8) is 0 Å². The van der Waals surface area contributed by atoms with E-state index >= 15 is 0 Å². The molecule has 18 heavy (non-hydrogen) atoms. The molecular weight excluding hydrogens is 242 g/mol. The molecule has 0 aliphatic carbocycles. The lowest BCUT2D eigenvalue weighted by atomic mass is 9.86. The predicted octanol–water partition coefficient (Wildman–Crippen LogP) is 2.94. The van der Waals surface area contributed by atoms with Crippen LogP contribution in [-0.4, -0.2) is 40.9 Å². The highest BCUT2D eigenvalue weighted by molar-refractivity contribution is 8.00. The van der Waals surface area contributed by atoms with Gasteiger partial charge < -0.3 is 5.73 Å². The van der Waals surface area contributed by atoms with E-state index in [2.05, 4.69) is 44.4 Å². The second-order valence-corrected chi connectivity index (χ2v) is 7.59. The summed E-state index contributed by atoms with van der Waals surface area (Å²) in [5.41, 5.74) is 5.48. The van der Waals surface area contributed by atoms with Gasteiger partial charge in [0.1, 0.15) is 0 Å². The number of rotatable bonds is 6. The zero-order valence-electron chi connectivity index (χ0n) is 12.3. The average molecular weight is 271 g/mol. The lowest BCUT2D eigenvalue weighted by Gasteiger charge is -2.37. The van der Waals surface area contributed by atoms with Crippen LogP contribution in [0, 0.1) is 10.8 Å². The molecule has 0 aromatic rings. The van der Waals surface area contributed by atoms with E-state index < -0.39 is 0 Å². The van der Waals surface area contributed by atoms with Crippen molar-refractivity contribution in [1.29, 1.82) is 5.41 Å². The number of thioether (sulfide) groups is 1. The van der Waals surface area contributed by atoms with Crippen molar-refractivity contribution in [1.82, 2.24) is 4.90 Å². The van der Waals surface area contributed by atoms with Crippen LogP contribution in [-0.2, 0) is 0 Å². The van der Waals surface area contributed by atoms with Gasteiger partial charge in [-0.05, 0) is 26.3 Å². The van der Waals surface area contributed by atoms with Crippen LogP contribution < -0.4 is 5.73 Å². The highest BCUT2D eigenvalue weighted by Crippen LogP contribution is 2.26. The van der Waals surface area contributed by atoms with E-state index in [1.165, 1.54) is 25.3 Å². The van der Waals surface area contributed by atoms with Gasteiger partial charge in [-0.25, -0.2) is 0 Å². The van der Waals surface area contributed by atoms with Gasteiger partial charge in [-0.1, -0.05) is 27.2 Å². The Kier molecular flexibility index (Phi) is 5.99. The van der Waals surface area contributed by atoms with E-state index in [4.69, 9.17) is 11.1 Å². The van der Waals surface area contributed by atoms with Crippen molar-refractivity contribution < 1.29 is 0 Å². The third-order valence-electron chi connectivity index (χ3n) is 4.24. The second kappa shape index (κ2) is 6.80. The Morgan fingerprint density at radius 1 is 1.39 bits per heavy atom. The maximum absolute atomic E-state index is 7.55. The topological polar surface area (TPSA) is 53.1 Å². The standard InChI is InChI=1S/C14H29N3S/c1-11-12(2)18-10-9-17(11)8-6-5-7-14(3,4)13(15)16/h11-12H,5-10H2,1-4H3,(H3,15,16). The Labute approximate surface area is 116 Å².